The highest BCUT2D eigenvalue weighted by Gasteiger charge is 2.20. The summed E-state index contributed by atoms with van der Waals surface area (Å²) in [7, 11) is 0. The van der Waals surface area contributed by atoms with E-state index in [9.17, 15) is 4.79 Å². The van der Waals surface area contributed by atoms with Gasteiger partial charge in [0.05, 0.1) is 0 Å². The highest BCUT2D eigenvalue weighted by atomic mass is 35.5. The van der Waals surface area contributed by atoms with Crippen molar-refractivity contribution in [2.75, 3.05) is 13.1 Å². The normalized spacial score (nSPS) is 17.0. The van der Waals surface area contributed by atoms with Crippen LogP contribution in [0.1, 0.15) is 31.7 Å². The molecule has 6 heteroatoms. The molecule has 4 nitrogen and oxygen atoms in total. The Balaban J connectivity index is 0.00000220. The smallest absolute Gasteiger partial charge is 0.221 e. The fraction of sp³-hybridized carbons (Fsp3) is 0.562. The van der Waals surface area contributed by atoms with Gasteiger partial charge in [-0.1, -0.05) is 30.3 Å². The van der Waals surface area contributed by atoms with Gasteiger partial charge in [0.25, 0.3) is 0 Å². The number of nitrogens with one attached hydrogen (secondary N) is 1. The van der Waals surface area contributed by atoms with Crippen LogP contribution in [-0.4, -0.2) is 36.0 Å². The van der Waals surface area contributed by atoms with Crippen LogP contribution >= 0.6 is 24.8 Å². The maximum Gasteiger partial charge on any atom is 0.221 e. The second-order valence-corrected chi connectivity index (χ2v) is 5.78. The second-order valence-electron chi connectivity index (χ2n) is 5.78. The first-order valence-electron chi connectivity index (χ1n) is 7.44. The molecule has 1 aliphatic heterocycles. The number of likely N-dealkylation sites (tertiary alicyclic amines) is 1. The fourth-order valence-electron chi connectivity index (χ4n) is 2.66. The number of benzene rings is 1. The quantitative estimate of drug-likeness (QED) is 0.859. The van der Waals surface area contributed by atoms with Crippen molar-refractivity contribution in [3.63, 3.8) is 0 Å². The number of carbonyl (C=O) groups is 1. The molecule has 0 aromatic heterocycles. The van der Waals surface area contributed by atoms with Crippen molar-refractivity contribution in [3.05, 3.63) is 35.9 Å². The van der Waals surface area contributed by atoms with E-state index in [1.807, 2.05) is 13.0 Å². The molecule has 0 bridgehead atoms. The average Bonchev–Trinajstić information content (AvgIpc) is 2.41. The minimum absolute atomic E-state index is 0. The van der Waals surface area contributed by atoms with Crippen LogP contribution in [0.3, 0.4) is 0 Å². The van der Waals surface area contributed by atoms with Crippen LogP contribution in [0.2, 0.25) is 0 Å². The first-order chi connectivity index (χ1) is 9.63. The van der Waals surface area contributed by atoms with E-state index < -0.39 is 0 Å². The van der Waals surface area contributed by atoms with E-state index in [2.05, 4.69) is 34.5 Å². The van der Waals surface area contributed by atoms with Gasteiger partial charge in [0.1, 0.15) is 0 Å². The largest absolute Gasteiger partial charge is 0.353 e. The minimum atomic E-state index is -0.0619. The molecule has 1 unspecified atom stereocenters. The van der Waals surface area contributed by atoms with E-state index in [1.54, 1.807) is 0 Å². The molecule has 3 N–H and O–H groups in total. The Kier molecular flexibility index (Phi) is 10.4. The molecule has 1 aromatic rings. The number of nitrogens with two attached hydrogens (primary N) is 1. The summed E-state index contributed by atoms with van der Waals surface area (Å²) in [5.74, 6) is 0.0847. The molecule has 1 saturated heterocycles. The molecule has 0 aliphatic carbocycles. The topological polar surface area (TPSA) is 58.4 Å². The van der Waals surface area contributed by atoms with Crippen LogP contribution in [0.15, 0.2) is 30.3 Å². The Hall–Kier alpha value is -0.810. The van der Waals surface area contributed by atoms with Crippen LogP contribution in [0.25, 0.3) is 0 Å². The number of nitrogens with zero attached hydrogens (tertiary/aromatic N) is 1. The lowest BCUT2D eigenvalue weighted by molar-refractivity contribution is -0.122. The van der Waals surface area contributed by atoms with E-state index in [0.717, 1.165) is 32.5 Å². The molecule has 1 aliphatic rings. The van der Waals surface area contributed by atoms with Crippen molar-refractivity contribution in [1.82, 2.24) is 10.2 Å². The van der Waals surface area contributed by atoms with E-state index in [0.29, 0.717) is 12.5 Å². The minimum Gasteiger partial charge on any atom is -0.353 e. The van der Waals surface area contributed by atoms with Crippen molar-refractivity contribution in [2.24, 2.45) is 5.73 Å². The number of amides is 1. The van der Waals surface area contributed by atoms with Crippen molar-refractivity contribution < 1.29 is 4.79 Å². The number of piperidine rings is 1. The second kappa shape index (κ2) is 10.8. The number of rotatable bonds is 5. The molecule has 1 fully saturated rings. The first kappa shape index (κ1) is 21.2. The van der Waals surface area contributed by atoms with Crippen molar-refractivity contribution >= 4 is 30.7 Å². The van der Waals surface area contributed by atoms with Crippen molar-refractivity contribution in [1.29, 1.82) is 0 Å². The van der Waals surface area contributed by atoms with Gasteiger partial charge in [-0.05, 0) is 25.3 Å². The molecule has 2 rings (SSSR count). The molecule has 126 valence electrons. The van der Waals surface area contributed by atoms with E-state index in [-0.39, 0.29) is 36.8 Å². The highest BCUT2D eigenvalue weighted by Crippen LogP contribution is 2.14. The SMILES string of the molecule is CC(N)CC(=O)NC1CCN(Cc2ccccc2)CC1.Cl.Cl. The summed E-state index contributed by atoms with van der Waals surface area (Å²) in [4.78, 5) is 14.1. The zero-order valence-corrected chi connectivity index (χ0v) is 14.7. The Bertz CT molecular complexity index is 421. The van der Waals surface area contributed by atoms with E-state index in [1.165, 1.54) is 5.56 Å². The maximum atomic E-state index is 11.7. The van der Waals surface area contributed by atoms with E-state index in [4.69, 9.17) is 5.73 Å². The molecule has 22 heavy (non-hydrogen) atoms. The third-order valence-corrected chi connectivity index (χ3v) is 3.71. The molecule has 1 aromatic carbocycles. The van der Waals surface area contributed by atoms with Gasteiger partial charge < -0.3 is 11.1 Å². The van der Waals surface area contributed by atoms with Gasteiger partial charge in [0, 0.05) is 38.1 Å². The first-order valence-corrected chi connectivity index (χ1v) is 7.44. The fourth-order valence-corrected chi connectivity index (χ4v) is 2.66. The van der Waals surface area contributed by atoms with Gasteiger partial charge >= 0.3 is 0 Å². The van der Waals surface area contributed by atoms with Gasteiger partial charge in [-0.15, -0.1) is 24.8 Å². The molecule has 1 heterocycles. The van der Waals surface area contributed by atoms with Crippen LogP contribution in [0.4, 0.5) is 0 Å². The summed E-state index contributed by atoms with van der Waals surface area (Å²) in [6.45, 7) is 4.94. The predicted octanol–water partition coefficient (Wildman–Crippen LogP) is 2.35. The van der Waals surface area contributed by atoms with Gasteiger partial charge in [-0.3, -0.25) is 9.69 Å². The third-order valence-electron chi connectivity index (χ3n) is 3.71. The zero-order chi connectivity index (χ0) is 14.4. The summed E-state index contributed by atoms with van der Waals surface area (Å²) in [5.41, 5.74) is 6.99. The summed E-state index contributed by atoms with van der Waals surface area (Å²) in [6.07, 6.45) is 2.47. The Morgan fingerprint density at radius 3 is 2.41 bits per heavy atom. The van der Waals surface area contributed by atoms with Gasteiger partial charge in [0.15, 0.2) is 0 Å². The summed E-state index contributed by atoms with van der Waals surface area (Å²) < 4.78 is 0. The predicted molar refractivity (Wildman–Crippen MR) is 95.6 cm³/mol. The van der Waals surface area contributed by atoms with Crippen molar-refractivity contribution in [3.8, 4) is 0 Å². The lowest BCUT2D eigenvalue weighted by Gasteiger charge is -2.32. The van der Waals surface area contributed by atoms with Crippen LogP contribution < -0.4 is 11.1 Å². The molecule has 1 atom stereocenters. The van der Waals surface area contributed by atoms with Gasteiger partial charge in [-0.2, -0.15) is 0 Å². The molecule has 1 amide bonds. The Morgan fingerprint density at radius 1 is 1.27 bits per heavy atom. The Labute approximate surface area is 145 Å². The molecule has 0 saturated carbocycles. The van der Waals surface area contributed by atoms with Gasteiger partial charge in [0.2, 0.25) is 5.91 Å². The summed E-state index contributed by atoms with van der Waals surface area (Å²) in [5, 5.41) is 3.09. The third kappa shape index (κ3) is 7.45. The number of hydrogen-bond donors (Lipinski definition) is 2. The monoisotopic (exact) mass is 347 g/mol. The standard InChI is InChI=1S/C16H25N3O.2ClH/c1-13(17)11-16(20)18-15-7-9-19(10-8-15)12-14-5-3-2-4-6-14;;/h2-6,13,15H,7-12,17H2,1H3,(H,18,20);2*1H. The number of carbonyl (C=O) groups excluding carboxylic acids is 1. The van der Waals surface area contributed by atoms with Crippen LogP contribution in [0.5, 0.6) is 0 Å². The van der Waals surface area contributed by atoms with E-state index >= 15 is 0 Å². The van der Waals surface area contributed by atoms with Gasteiger partial charge in [-0.25, -0.2) is 0 Å². The van der Waals surface area contributed by atoms with Crippen molar-refractivity contribution in [2.45, 2.75) is 44.8 Å². The lowest BCUT2D eigenvalue weighted by Crippen LogP contribution is -2.45. The molecule has 0 radical (unpaired) electrons. The Morgan fingerprint density at radius 2 is 1.86 bits per heavy atom. The molecular formula is C16H27Cl2N3O. The summed E-state index contributed by atoms with van der Waals surface area (Å²) >= 11 is 0. The maximum absolute atomic E-state index is 11.7. The highest BCUT2D eigenvalue weighted by molar-refractivity contribution is 5.85. The molecule has 0 spiro atoms. The molecular weight excluding hydrogens is 321 g/mol. The number of hydrogen-bond acceptors (Lipinski definition) is 3. The average molecular weight is 348 g/mol. The number of halogens is 2. The summed E-state index contributed by atoms with van der Waals surface area (Å²) in [6, 6.07) is 10.8. The van der Waals surface area contributed by atoms with Crippen LogP contribution in [0, 0.1) is 0 Å². The lowest BCUT2D eigenvalue weighted by atomic mass is 10.0. The van der Waals surface area contributed by atoms with Crippen LogP contribution in [-0.2, 0) is 11.3 Å². The zero-order valence-electron chi connectivity index (χ0n) is 13.0.